The van der Waals surface area contributed by atoms with Gasteiger partial charge in [-0.3, -0.25) is 4.79 Å². The van der Waals surface area contributed by atoms with Crippen molar-refractivity contribution in [3.05, 3.63) is 12.2 Å². The van der Waals surface area contributed by atoms with Crippen molar-refractivity contribution in [1.29, 1.82) is 0 Å². The van der Waals surface area contributed by atoms with Gasteiger partial charge in [0.1, 0.15) is 6.33 Å². The maximum atomic E-state index is 12.2. The normalized spacial score (nSPS) is 26.2. The summed E-state index contributed by atoms with van der Waals surface area (Å²) in [5.41, 5.74) is 6.35. The summed E-state index contributed by atoms with van der Waals surface area (Å²) in [6.45, 7) is 1.42. The van der Waals surface area contributed by atoms with Crippen LogP contribution in [0, 0.1) is 5.41 Å². The minimum absolute atomic E-state index is 0.0516. The molecule has 1 spiro atoms. The highest BCUT2D eigenvalue weighted by Crippen LogP contribution is 2.47. The van der Waals surface area contributed by atoms with Crippen LogP contribution in [0.1, 0.15) is 29.9 Å². The van der Waals surface area contributed by atoms with Gasteiger partial charge in [0.2, 0.25) is 5.82 Å². The number of nitrogens with zero attached hydrogens (tertiary/aromatic N) is 4. The Morgan fingerprint density at radius 3 is 2.82 bits per heavy atom. The summed E-state index contributed by atoms with van der Waals surface area (Å²) in [6.07, 6.45) is 4.94. The number of hydrogen-bond acceptors (Lipinski definition) is 4. The fourth-order valence-electron chi connectivity index (χ4n) is 2.94. The molecule has 2 heterocycles. The number of nitrogens with two attached hydrogens (primary N) is 1. The Kier molecular flexibility index (Phi) is 2.22. The number of carbonyl (C=O) groups excluding carboxylic acids is 1. The van der Waals surface area contributed by atoms with E-state index < -0.39 is 0 Å². The predicted octanol–water partition coefficient (Wildman–Crippen LogP) is -0.231. The Morgan fingerprint density at radius 2 is 2.35 bits per heavy atom. The molecule has 0 bridgehead atoms. The molecule has 1 amide bonds. The molecule has 1 saturated carbocycles. The zero-order chi connectivity index (χ0) is 12.0. The SMILES string of the molecule is Cn1ncnc1C(=O)N1CC(N)C2(CCC2)C1. The van der Waals surface area contributed by atoms with E-state index in [1.165, 1.54) is 17.4 Å². The number of aromatic nitrogens is 3. The van der Waals surface area contributed by atoms with Crippen molar-refractivity contribution in [2.75, 3.05) is 13.1 Å². The molecule has 1 atom stereocenters. The van der Waals surface area contributed by atoms with Gasteiger partial charge in [-0.1, -0.05) is 6.42 Å². The molecule has 1 aromatic rings. The van der Waals surface area contributed by atoms with E-state index in [4.69, 9.17) is 5.73 Å². The molecule has 2 aliphatic rings. The largest absolute Gasteiger partial charge is 0.334 e. The van der Waals surface area contributed by atoms with Gasteiger partial charge in [-0.2, -0.15) is 5.10 Å². The molecule has 1 aliphatic carbocycles. The molecule has 6 nitrogen and oxygen atoms in total. The van der Waals surface area contributed by atoms with Gasteiger partial charge in [-0.05, 0) is 12.8 Å². The van der Waals surface area contributed by atoms with Gasteiger partial charge in [-0.25, -0.2) is 9.67 Å². The minimum atomic E-state index is -0.0516. The van der Waals surface area contributed by atoms with Gasteiger partial charge in [-0.15, -0.1) is 0 Å². The number of hydrogen-bond donors (Lipinski definition) is 1. The predicted molar refractivity (Wildman–Crippen MR) is 61.2 cm³/mol. The highest BCUT2D eigenvalue weighted by atomic mass is 16.2. The molecule has 17 heavy (non-hydrogen) atoms. The minimum Gasteiger partial charge on any atom is -0.334 e. The summed E-state index contributed by atoms with van der Waals surface area (Å²) >= 11 is 0. The van der Waals surface area contributed by atoms with Gasteiger partial charge in [0, 0.05) is 31.6 Å². The molecule has 1 unspecified atom stereocenters. The van der Waals surface area contributed by atoms with E-state index in [1.54, 1.807) is 7.05 Å². The molecule has 1 aliphatic heterocycles. The van der Waals surface area contributed by atoms with E-state index in [9.17, 15) is 4.79 Å². The van der Waals surface area contributed by atoms with Crippen molar-refractivity contribution >= 4 is 5.91 Å². The van der Waals surface area contributed by atoms with Crippen molar-refractivity contribution < 1.29 is 4.79 Å². The van der Waals surface area contributed by atoms with Crippen molar-refractivity contribution in [2.45, 2.75) is 25.3 Å². The van der Waals surface area contributed by atoms with E-state index in [0.29, 0.717) is 12.4 Å². The van der Waals surface area contributed by atoms with Crippen LogP contribution in [0.4, 0.5) is 0 Å². The highest BCUT2D eigenvalue weighted by Gasteiger charge is 2.50. The van der Waals surface area contributed by atoms with Crippen molar-refractivity contribution in [3.63, 3.8) is 0 Å². The third kappa shape index (κ3) is 1.47. The third-order valence-corrected chi connectivity index (χ3v) is 4.25. The lowest BCUT2D eigenvalue weighted by Gasteiger charge is -2.41. The Bertz CT molecular complexity index is 450. The van der Waals surface area contributed by atoms with Crippen LogP contribution >= 0.6 is 0 Å². The van der Waals surface area contributed by atoms with Gasteiger partial charge in [0.05, 0.1) is 0 Å². The Balaban J connectivity index is 1.79. The topological polar surface area (TPSA) is 77.0 Å². The Morgan fingerprint density at radius 1 is 1.59 bits per heavy atom. The maximum absolute atomic E-state index is 12.2. The highest BCUT2D eigenvalue weighted by molar-refractivity contribution is 5.91. The molecular weight excluding hydrogens is 218 g/mol. The Labute approximate surface area is 99.8 Å². The fourth-order valence-corrected chi connectivity index (χ4v) is 2.94. The molecular formula is C11H17N5O. The van der Waals surface area contributed by atoms with Crippen molar-refractivity contribution in [1.82, 2.24) is 19.7 Å². The summed E-state index contributed by atoms with van der Waals surface area (Å²) in [4.78, 5) is 18.1. The van der Waals surface area contributed by atoms with Crippen LogP contribution in [-0.4, -0.2) is 44.7 Å². The average Bonchev–Trinajstić information content (AvgIpc) is 2.80. The lowest BCUT2D eigenvalue weighted by atomic mass is 9.66. The van der Waals surface area contributed by atoms with Crippen LogP contribution in [0.2, 0.25) is 0 Å². The molecule has 2 fully saturated rings. The molecule has 92 valence electrons. The lowest BCUT2D eigenvalue weighted by Crippen LogP contribution is -2.45. The van der Waals surface area contributed by atoms with Gasteiger partial charge < -0.3 is 10.6 Å². The molecule has 1 saturated heterocycles. The molecule has 0 aromatic carbocycles. The molecule has 0 radical (unpaired) electrons. The van der Waals surface area contributed by atoms with E-state index in [-0.39, 0.29) is 17.4 Å². The monoisotopic (exact) mass is 235 g/mol. The van der Waals surface area contributed by atoms with E-state index in [1.807, 2.05) is 4.90 Å². The quantitative estimate of drug-likeness (QED) is 0.729. The summed E-state index contributed by atoms with van der Waals surface area (Å²) in [5.74, 6) is 0.345. The number of likely N-dealkylation sites (tertiary alicyclic amines) is 1. The first-order valence-corrected chi connectivity index (χ1v) is 6.01. The Hall–Kier alpha value is -1.43. The lowest BCUT2D eigenvalue weighted by molar-refractivity contribution is 0.0710. The second-order valence-electron chi connectivity index (χ2n) is 5.22. The molecule has 3 rings (SSSR count). The standard InChI is InChI=1S/C11H17N5O/c1-15-9(13-7-14-15)10(17)16-5-8(12)11(6-16)3-2-4-11/h7-8H,2-6,12H2,1H3. The molecule has 2 N–H and O–H groups in total. The van der Waals surface area contributed by atoms with Crippen LogP contribution < -0.4 is 5.73 Å². The summed E-state index contributed by atoms with van der Waals surface area (Å²) in [6, 6.07) is 0.119. The zero-order valence-electron chi connectivity index (χ0n) is 9.96. The maximum Gasteiger partial charge on any atom is 0.291 e. The van der Waals surface area contributed by atoms with Crippen LogP contribution in [0.3, 0.4) is 0 Å². The molecule has 6 heteroatoms. The number of aryl methyl sites for hydroxylation is 1. The summed E-state index contributed by atoms with van der Waals surface area (Å²) < 4.78 is 1.51. The first kappa shape index (κ1) is 10.7. The van der Waals surface area contributed by atoms with Crippen LogP contribution in [0.5, 0.6) is 0 Å². The third-order valence-electron chi connectivity index (χ3n) is 4.25. The number of rotatable bonds is 1. The second-order valence-corrected chi connectivity index (χ2v) is 5.22. The van der Waals surface area contributed by atoms with Gasteiger partial charge in [0.25, 0.3) is 5.91 Å². The second kappa shape index (κ2) is 3.53. The molecule has 1 aromatic heterocycles. The fraction of sp³-hybridized carbons (Fsp3) is 0.727. The first-order chi connectivity index (χ1) is 8.12. The smallest absolute Gasteiger partial charge is 0.291 e. The summed E-state index contributed by atoms with van der Waals surface area (Å²) in [7, 11) is 1.73. The van der Waals surface area contributed by atoms with E-state index in [2.05, 4.69) is 10.1 Å². The van der Waals surface area contributed by atoms with Crippen LogP contribution in [0.15, 0.2) is 6.33 Å². The number of amides is 1. The average molecular weight is 235 g/mol. The van der Waals surface area contributed by atoms with E-state index >= 15 is 0 Å². The van der Waals surface area contributed by atoms with Crippen LogP contribution in [0.25, 0.3) is 0 Å². The zero-order valence-corrected chi connectivity index (χ0v) is 9.96. The number of carbonyl (C=O) groups is 1. The van der Waals surface area contributed by atoms with Crippen molar-refractivity contribution in [2.24, 2.45) is 18.2 Å². The summed E-state index contributed by atoms with van der Waals surface area (Å²) in [5, 5.41) is 3.93. The van der Waals surface area contributed by atoms with Crippen molar-refractivity contribution in [3.8, 4) is 0 Å². The van der Waals surface area contributed by atoms with E-state index in [0.717, 1.165) is 19.4 Å². The van der Waals surface area contributed by atoms with Gasteiger partial charge >= 0.3 is 0 Å². The van der Waals surface area contributed by atoms with Gasteiger partial charge in [0.15, 0.2) is 0 Å². The van der Waals surface area contributed by atoms with Crippen LogP contribution in [-0.2, 0) is 7.05 Å². The first-order valence-electron chi connectivity index (χ1n) is 6.01.